The number of benzene rings is 1. The second-order valence-electron chi connectivity index (χ2n) is 5.37. The van der Waals surface area contributed by atoms with Crippen LogP contribution in [0.25, 0.3) is 0 Å². The van der Waals surface area contributed by atoms with Crippen LogP contribution in [0, 0.1) is 5.41 Å². The topological polar surface area (TPSA) is 63.3 Å². The second-order valence-corrected chi connectivity index (χ2v) is 5.37. The zero-order valence-electron chi connectivity index (χ0n) is 10.6. The molecular weight excluding hydrogens is 226 g/mol. The Labute approximate surface area is 108 Å². The molecule has 3 nitrogen and oxygen atoms in total. The molecule has 0 aliphatic heterocycles. The highest BCUT2D eigenvalue weighted by Gasteiger charge is 2.40. The summed E-state index contributed by atoms with van der Waals surface area (Å²) in [4.78, 5) is 11.6. The van der Waals surface area contributed by atoms with Crippen LogP contribution >= 0.6 is 0 Å². The van der Waals surface area contributed by atoms with Crippen molar-refractivity contribution in [2.75, 3.05) is 0 Å². The Kier molecular flexibility index (Phi) is 4.02. The van der Waals surface area contributed by atoms with Gasteiger partial charge in [0.05, 0.1) is 5.41 Å². The van der Waals surface area contributed by atoms with Gasteiger partial charge in [0, 0.05) is 6.04 Å². The highest BCUT2D eigenvalue weighted by molar-refractivity contribution is 5.74. The molecule has 18 heavy (non-hydrogen) atoms. The summed E-state index contributed by atoms with van der Waals surface area (Å²) in [6.45, 7) is 0. The molecule has 1 atom stereocenters. The molecule has 1 aromatic rings. The summed E-state index contributed by atoms with van der Waals surface area (Å²) in [5.74, 6) is -0.673. The maximum atomic E-state index is 11.6. The predicted octanol–water partition coefficient (Wildman–Crippen LogP) is 3.11. The van der Waals surface area contributed by atoms with Gasteiger partial charge in [0.2, 0.25) is 0 Å². The molecule has 2 rings (SSSR count). The minimum Gasteiger partial charge on any atom is -0.481 e. The quantitative estimate of drug-likeness (QED) is 0.859. The first-order chi connectivity index (χ1) is 8.64. The van der Waals surface area contributed by atoms with E-state index in [0.29, 0.717) is 6.42 Å². The van der Waals surface area contributed by atoms with Gasteiger partial charge in [0.15, 0.2) is 0 Å². The SMILES string of the molecule is NC(CC1(C(=O)O)CCCCC1)c1ccccc1. The molecule has 1 saturated carbocycles. The maximum Gasteiger partial charge on any atom is 0.309 e. The van der Waals surface area contributed by atoms with Crippen LogP contribution in [0.5, 0.6) is 0 Å². The second kappa shape index (κ2) is 5.53. The molecule has 1 aromatic carbocycles. The highest BCUT2D eigenvalue weighted by atomic mass is 16.4. The average molecular weight is 247 g/mol. The molecule has 1 unspecified atom stereocenters. The first-order valence-electron chi connectivity index (χ1n) is 6.68. The summed E-state index contributed by atoms with van der Waals surface area (Å²) in [5, 5.41) is 9.53. The van der Waals surface area contributed by atoms with Crippen LogP contribution in [0.3, 0.4) is 0 Å². The third kappa shape index (κ3) is 2.72. The van der Waals surface area contributed by atoms with Crippen molar-refractivity contribution in [1.82, 2.24) is 0 Å². The van der Waals surface area contributed by atoms with E-state index in [1.807, 2.05) is 30.3 Å². The van der Waals surface area contributed by atoms with Gasteiger partial charge in [-0.2, -0.15) is 0 Å². The van der Waals surface area contributed by atoms with Crippen molar-refractivity contribution in [3.63, 3.8) is 0 Å². The zero-order valence-corrected chi connectivity index (χ0v) is 10.6. The molecule has 0 bridgehead atoms. The molecule has 0 spiro atoms. The average Bonchev–Trinajstić information content (AvgIpc) is 2.40. The van der Waals surface area contributed by atoms with E-state index in [-0.39, 0.29) is 6.04 Å². The predicted molar refractivity (Wildman–Crippen MR) is 71.1 cm³/mol. The van der Waals surface area contributed by atoms with E-state index >= 15 is 0 Å². The number of hydrogen-bond acceptors (Lipinski definition) is 2. The number of carboxylic acids is 1. The molecule has 3 heteroatoms. The van der Waals surface area contributed by atoms with Crippen LogP contribution in [-0.4, -0.2) is 11.1 Å². The Balaban J connectivity index is 2.12. The van der Waals surface area contributed by atoms with Gasteiger partial charge in [-0.05, 0) is 24.8 Å². The van der Waals surface area contributed by atoms with E-state index in [4.69, 9.17) is 5.73 Å². The third-order valence-electron chi connectivity index (χ3n) is 4.10. The molecule has 98 valence electrons. The van der Waals surface area contributed by atoms with E-state index in [1.54, 1.807) is 0 Å². The fourth-order valence-corrected chi connectivity index (χ4v) is 2.97. The van der Waals surface area contributed by atoms with Gasteiger partial charge in [-0.1, -0.05) is 49.6 Å². The monoisotopic (exact) mass is 247 g/mol. The van der Waals surface area contributed by atoms with Crippen molar-refractivity contribution in [3.05, 3.63) is 35.9 Å². The molecule has 0 heterocycles. The number of nitrogens with two attached hydrogens (primary N) is 1. The Morgan fingerprint density at radius 1 is 1.22 bits per heavy atom. The number of rotatable bonds is 4. The molecule has 0 saturated heterocycles. The Hall–Kier alpha value is -1.35. The van der Waals surface area contributed by atoms with E-state index in [9.17, 15) is 9.90 Å². The highest BCUT2D eigenvalue weighted by Crippen LogP contribution is 2.42. The summed E-state index contributed by atoms with van der Waals surface area (Å²) in [7, 11) is 0. The van der Waals surface area contributed by atoms with Crippen molar-refractivity contribution >= 4 is 5.97 Å². The molecule has 1 fully saturated rings. The Bertz CT molecular complexity index is 396. The van der Waals surface area contributed by atoms with E-state index in [1.165, 1.54) is 0 Å². The summed E-state index contributed by atoms with van der Waals surface area (Å²) in [5.41, 5.74) is 6.61. The van der Waals surface area contributed by atoms with Gasteiger partial charge in [-0.15, -0.1) is 0 Å². The van der Waals surface area contributed by atoms with Crippen LogP contribution < -0.4 is 5.73 Å². The van der Waals surface area contributed by atoms with Crippen LogP contribution in [0.1, 0.15) is 50.1 Å². The minimum atomic E-state index is -0.673. The summed E-state index contributed by atoms with van der Waals surface area (Å²) < 4.78 is 0. The van der Waals surface area contributed by atoms with Crippen molar-refractivity contribution < 1.29 is 9.90 Å². The third-order valence-corrected chi connectivity index (χ3v) is 4.10. The van der Waals surface area contributed by atoms with Crippen molar-refractivity contribution in [3.8, 4) is 0 Å². The molecule has 0 radical (unpaired) electrons. The van der Waals surface area contributed by atoms with Crippen molar-refractivity contribution in [1.29, 1.82) is 0 Å². The van der Waals surface area contributed by atoms with Crippen LogP contribution in [0.2, 0.25) is 0 Å². The van der Waals surface area contributed by atoms with Gasteiger partial charge in [-0.25, -0.2) is 0 Å². The smallest absolute Gasteiger partial charge is 0.309 e. The lowest BCUT2D eigenvalue weighted by Crippen LogP contribution is -2.36. The van der Waals surface area contributed by atoms with Gasteiger partial charge < -0.3 is 10.8 Å². The molecular formula is C15H21NO2. The standard InChI is InChI=1S/C15H21NO2/c16-13(12-7-3-1-4-8-12)11-15(14(17)18)9-5-2-6-10-15/h1,3-4,7-8,13H,2,5-6,9-11,16H2,(H,17,18). The normalized spacial score (nSPS) is 20.3. The zero-order chi connectivity index (χ0) is 13.0. The molecule has 0 aromatic heterocycles. The summed E-state index contributed by atoms with van der Waals surface area (Å²) >= 11 is 0. The molecule has 1 aliphatic carbocycles. The van der Waals surface area contributed by atoms with Gasteiger partial charge in [0.1, 0.15) is 0 Å². The lowest BCUT2D eigenvalue weighted by molar-refractivity contribution is -0.152. The lowest BCUT2D eigenvalue weighted by Gasteiger charge is -2.35. The first-order valence-corrected chi connectivity index (χ1v) is 6.68. The van der Waals surface area contributed by atoms with Crippen LogP contribution in [0.15, 0.2) is 30.3 Å². The van der Waals surface area contributed by atoms with E-state index < -0.39 is 11.4 Å². The molecule has 3 N–H and O–H groups in total. The number of hydrogen-bond donors (Lipinski definition) is 2. The lowest BCUT2D eigenvalue weighted by atomic mass is 9.69. The number of carbonyl (C=O) groups is 1. The number of aliphatic carboxylic acids is 1. The Morgan fingerprint density at radius 2 is 1.83 bits per heavy atom. The minimum absolute atomic E-state index is 0.180. The first kappa shape index (κ1) is 13.1. The fraction of sp³-hybridized carbons (Fsp3) is 0.533. The molecule has 0 amide bonds. The van der Waals surface area contributed by atoms with E-state index in [2.05, 4.69) is 0 Å². The number of carboxylic acid groups (broad SMARTS) is 1. The van der Waals surface area contributed by atoms with Crippen molar-refractivity contribution in [2.45, 2.75) is 44.6 Å². The Morgan fingerprint density at radius 3 is 2.39 bits per heavy atom. The fourth-order valence-electron chi connectivity index (χ4n) is 2.97. The molecule has 1 aliphatic rings. The maximum absolute atomic E-state index is 11.6. The largest absolute Gasteiger partial charge is 0.481 e. The van der Waals surface area contributed by atoms with Crippen LogP contribution in [-0.2, 0) is 4.79 Å². The van der Waals surface area contributed by atoms with Gasteiger partial charge in [-0.3, -0.25) is 4.79 Å². The van der Waals surface area contributed by atoms with Crippen molar-refractivity contribution in [2.24, 2.45) is 11.1 Å². The van der Waals surface area contributed by atoms with Gasteiger partial charge in [0.25, 0.3) is 0 Å². The van der Waals surface area contributed by atoms with Crippen LogP contribution in [0.4, 0.5) is 0 Å². The summed E-state index contributed by atoms with van der Waals surface area (Å²) in [6.07, 6.45) is 5.25. The van der Waals surface area contributed by atoms with E-state index in [0.717, 1.165) is 37.7 Å². The summed E-state index contributed by atoms with van der Waals surface area (Å²) in [6, 6.07) is 9.61. The van der Waals surface area contributed by atoms with Gasteiger partial charge >= 0.3 is 5.97 Å².